The smallest absolute Gasteiger partial charge is 0.227 e. The van der Waals surface area contributed by atoms with Crippen molar-refractivity contribution in [3.63, 3.8) is 0 Å². The van der Waals surface area contributed by atoms with Gasteiger partial charge in [-0.15, -0.1) is 0 Å². The highest BCUT2D eigenvalue weighted by atomic mass is 35.5. The zero-order valence-electron chi connectivity index (χ0n) is 19.9. The molecular formula is C26H30ClN7O. The second-order valence-corrected chi connectivity index (χ2v) is 11.0. The number of rotatable bonds is 6. The summed E-state index contributed by atoms with van der Waals surface area (Å²) < 4.78 is 2.08. The van der Waals surface area contributed by atoms with Gasteiger partial charge in [0.05, 0.1) is 46.7 Å². The van der Waals surface area contributed by atoms with Crippen LogP contribution in [-0.4, -0.2) is 55.0 Å². The van der Waals surface area contributed by atoms with E-state index in [0.717, 1.165) is 58.8 Å². The fourth-order valence-corrected chi connectivity index (χ4v) is 6.02. The van der Waals surface area contributed by atoms with Crippen molar-refractivity contribution in [2.75, 3.05) is 25.0 Å². The number of piperidine rings is 1. The van der Waals surface area contributed by atoms with Crippen molar-refractivity contribution in [2.24, 2.45) is 5.92 Å². The van der Waals surface area contributed by atoms with Crippen molar-refractivity contribution < 1.29 is 5.11 Å². The normalized spacial score (nSPS) is 25.4. The van der Waals surface area contributed by atoms with Gasteiger partial charge in [0, 0.05) is 23.2 Å². The number of anilines is 2. The molecule has 0 unspecified atom stereocenters. The van der Waals surface area contributed by atoms with Gasteiger partial charge in [0.1, 0.15) is 0 Å². The van der Waals surface area contributed by atoms with Crippen molar-refractivity contribution >= 4 is 34.1 Å². The monoisotopic (exact) mass is 491 g/mol. The van der Waals surface area contributed by atoms with E-state index in [0.29, 0.717) is 37.3 Å². The maximum atomic E-state index is 10.7. The van der Waals surface area contributed by atoms with Gasteiger partial charge in [-0.3, -0.25) is 4.68 Å². The Morgan fingerprint density at radius 3 is 2.69 bits per heavy atom. The van der Waals surface area contributed by atoms with Crippen molar-refractivity contribution in [1.82, 2.24) is 24.6 Å². The van der Waals surface area contributed by atoms with Crippen LogP contribution in [-0.2, 0) is 0 Å². The van der Waals surface area contributed by atoms with E-state index in [-0.39, 0.29) is 5.92 Å². The number of halogens is 1. The molecule has 9 heteroatoms. The number of aliphatic hydroxyl groups is 1. The number of hydrogen-bond acceptors (Lipinski definition) is 7. The number of benzene rings is 1. The third kappa shape index (κ3) is 4.49. The Balaban J connectivity index is 1.15. The Morgan fingerprint density at radius 1 is 1.20 bits per heavy atom. The van der Waals surface area contributed by atoms with Crippen LogP contribution in [0.1, 0.15) is 61.7 Å². The lowest BCUT2D eigenvalue weighted by atomic mass is 9.71. The number of nitrogens with zero attached hydrogens (tertiary/aromatic N) is 6. The molecule has 35 heavy (non-hydrogen) atoms. The fourth-order valence-electron chi connectivity index (χ4n) is 5.69. The molecule has 0 atom stereocenters. The molecule has 0 bridgehead atoms. The van der Waals surface area contributed by atoms with Crippen LogP contribution >= 0.6 is 11.6 Å². The summed E-state index contributed by atoms with van der Waals surface area (Å²) in [5.41, 5.74) is 3.36. The maximum absolute atomic E-state index is 10.7. The van der Waals surface area contributed by atoms with Crippen LogP contribution in [0.3, 0.4) is 0 Å². The Morgan fingerprint density at radius 2 is 1.97 bits per heavy atom. The average molecular weight is 492 g/mol. The lowest BCUT2D eigenvalue weighted by Crippen LogP contribution is -2.53. The average Bonchev–Trinajstić information content (AvgIpc) is 3.61. The standard InChI is InChI=1S/C26H30ClN7O/c1-16-24(14-30-34(16)20-2-3-20)32-25-29-13-19-8-22(27)21(9-23(19)31-25)18-4-6-33(7-5-18)15-26(35)10-17(11-26)12-28/h8-9,13-14,17-18,20,35H,2-7,10-11,15H2,1H3,(H,29,31,32). The third-order valence-electron chi connectivity index (χ3n) is 7.86. The molecule has 3 aliphatic rings. The highest BCUT2D eigenvalue weighted by Gasteiger charge is 2.44. The van der Waals surface area contributed by atoms with Crippen molar-refractivity contribution in [2.45, 2.75) is 63.0 Å². The molecule has 1 saturated heterocycles. The van der Waals surface area contributed by atoms with Crippen molar-refractivity contribution in [1.29, 1.82) is 5.26 Å². The Bertz CT molecular complexity index is 1300. The number of β-amino-alcohol motifs (C(OH)–C–C–N with tert-alkyl or cyclic N) is 1. The largest absolute Gasteiger partial charge is 0.388 e. The van der Waals surface area contributed by atoms with Gasteiger partial charge in [-0.2, -0.15) is 10.4 Å². The second-order valence-electron chi connectivity index (χ2n) is 10.6. The molecule has 8 nitrogen and oxygen atoms in total. The molecule has 3 heterocycles. The van der Waals surface area contributed by atoms with Crippen LogP contribution < -0.4 is 5.32 Å². The minimum Gasteiger partial charge on any atom is -0.388 e. The summed E-state index contributed by atoms with van der Waals surface area (Å²) >= 11 is 6.71. The number of hydrogen-bond donors (Lipinski definition) is 2. The third-order valence-corrected chi connectivity index (χ3v) is 8.19. The first-order valence-corrected chi connectivity index (χ1v) is 12.9. The Hall–Kier alpha value is -2.73. The summed E-state index contributed by atoms with van der Waals surface area (Å²) in [6.07, 6.45) is 9.21. The van der Waals surface area contributed by atoms with Crippen LogP contribution in [0.5, 0.6) is 0 Å². The van der Waals surface area contributed by atoms with E-state index in [9.17, 15) is 5.11 Å². The summed E-state index contributed by atoms with van der Waals surface area (Å²) in [4.78, 5) is 11.6. The maximum Gasteiger partial charge on any atom is 0.227 e. The molecule has 2 N–H and O–H groups in total. The predicted octanol–water partition coefficient (Wildman–Crippen LogP) is 4.71. The van der Waals surface area contributed by atoms with Crippen molar-refractivity contribution in [3.05, 3.63) is 40.8 Å². The SMILES string of the molecule is Cc1c(Nc2ncc3cc(Cl)c(C4CCN(CC5(O)CC(C#N)C5)CC4)cc3n2)cnn1C1CC1. The quantitative estimate of drug-likeness (QED) is 0.514. The summed E-state index contributed by atoms with van der Waals surface area (Å²) in [7, 11) is 0. The van der Waals surface area contributed by atoms with Crippen LogP contribution in [0.4, 0.5) is 11.6 Å². The number of nitrogens with one attached hydrogen (secondary N) is 1. The number of aromatic nitrogens is 4. The van der Waals surface area contributed by atoms with Crippen molar-refractivity contribution in [3.8, 4) is 6.07 Å². The molecule has 182 valence electrons. The zero-order chi connectivity index (χ0) is 24.2. The van der Waals surface area contributed by atoms with E-state index >= 15 is 0 Å². The summed E-state index contributed by atoms with van der Waals surface area (Å²) in [6.45, 7) is 4.56. The number of likely N-dealkylation sites (tertiary alicyclic amines) is 1. The van der Waals surface area contributed by atoms with Gasteiger partial charge in [0.15, 0.2) is 0 Å². The highest BCUT2D eigenvalue weighted by Crippen LogP contribution is 2.40. The first kappa shape index (κ1) is 22.7. The van der Waals surface area contributed by atoms with E-state index in [1.807, 2.05) is 18.5 Å². The zero-order valence-corrected chi connectivity index (χ0v) is 20.7. The van der Waals surface area contributed by atoms with E-state index in [4.69, 9.17) is 21.8 Å². The summed E-state index contributed by atoms with van der Waals surface area (Å²) in [5, 5.41) is 29.2. The molecule has 0 radical (unpaired) electrons. The van der Waals surface area contributed by atoms with E-state index < -0.39 is 5.60 Å². The number of nitriles is 1. The first-order valence-electron chi connectivity index (χ1n) is 12.5. The molecular weight excluding hydrogens is 462 g/mol. The molecule has 0 spiro atoms. The molecule has 1 aromatic carbocycles. The van der Waals surface area contributed by atoms with Gasteiger partial charge >= 0.3 is 0 Å². The molecule has 2 aliphatic carbocycles. The first-order chi connectivity index (χ1) is 16.9. The van der Waals surface area contributed by atoms with Crippen LogP contribution in [0, 0.1) is 24.2 Å². The lowest BCUT2D eigenvalue weighted by Gasteiger charge is -2.45. The summed E-state index contributed by atoms with van der Waals surface area (Å²) in [6, 6.07) is 6.88. The summed E-state index contributed by atoms with van der Waals surface area (Å²) in [5.74, 6) is 0.925. The van der Waals surface area contributed by atoms with Gasteiger partial charge < -0.3 is 15.3 Å². The molecule has 3 aromatic rings. The Labute approximate surface area is 209 Å². The molecule has 2 saturated carbocycles. The second kappa shape index (κ2) is 8.74. The van der Waals surface area contributed by atoms with E-state index in [2.05, 4.69) is 44.0 Å². The van der Waals surface area contributed by atoms with Gasteiger partial charge in [-0.25, -0.2) is 9.97 Å². The molecule has 2 aromatic heterocycles. The number of fused-ring (bicyclic) bond motifs is 1. The van der Waals surface area contributed by atoms with Gasteiger partial charge in [-0.1, -0.05) is 11.6 Å². The lowest BCUT2D eigenvalue weighted by molar-refractivity contribution is -0.0818. The minimum absolute atomic E-state index is 0.00797. The van der Waals surface area contributed by atoms with Gasteiger partial charge in [-0.05, 0) is 82.2 Å². The predicted molar refractivity (Wildman–Crippen MR) is 135 cm³/mol. The topological polar surface area (TPSA) is 103 Å². The van der Waals surface area contributed by atoms with Crippen LogP contribution in [0.15, 0.2) is 24.5 Å². The Kier molecular flexibility index (Phi) is 5.67. The molecule has 1 aliphatic heterocycles. The highest BCUT2D eigenvalue weighted by molar-refractivity contribution is 6.32. The fraction of sp³-hybridized carbons (Fsp3) is 0.538. The molecule has 0 amide bonds. The molecule has 3 fully saturated rings. The van der Waals surface area contributed by atoms with Crippen LogP contribution in [0.2, 0.25) is 5.02 Å². The van der Waals surface area contributed by atoms with Gasteiger partial charge in [0.25, 0.3) is 0 Å². The molecule has 6 rings (SSSR count). The minimum atomic E-state index is -0.693. The van der Waals surface area contributed by atoms with E-state index in [1.54, 1.807) is 0 Å². The van der Waals surface area contributed by atoms with Crippen LogP contribution in [0.25, 0.3) is 10.9 Å². The van der Waals surface area contributed by atoms with E-state index in [1.165, 1.54) is 12.8 Å². The van der Waals surface area contributed by atoms with Gasteiger partial charge in [0.2, 0.25) is 5.95 Å².